The van der Waals surface area contributed by atoms with E-state index in [1.165, 1.54) is 5.56 Å². The Bertz CT molecular complexity index is 515. The number of hydrogen-bond acceptors (Lipinski definition) is 4. The lowest BCUT2D eigenvalue weighted by atomic mass is 10.1. The Balaban J connectivity index is 0.00000147. The molecule has 5 nitrogen and oxygen atoms in total. The van der Waals surface area contributed by atoms with Crippen molar-refractivity contribution in [1.29, 1.82) is 0 Å². The number of rotatable bonds is 3. The van der Waals surface area contributed by atoms with Gasteiger partial charge in [0.25, 0.3) is 0 Å². The third kappa shape index (κ3) is 3.17. The van der Waals surface area contributed by atoms with Gasteiger partial charge >= 0.3 is 0 Å². The van der Waals surface area contributed by atoms with Crippen LogP contribution in [0.4, 0.5) is 0 Å². The standard InChI is InChI=1S/C14H19N5.ClH/c1-11-7-18(9-13(11)15)8-12-2-3-14(17-6-12)19-5-4-16-10-19;/h2-6,10-11,13H,7-9,15H2,1H3;1H. The largest absolute Gasteiger partial charge is 0.326 e. The summed E-state index contributed by atoms with van der Waals surface area (Å²) in [7, 11) is 0. The highest BCUT2D eigenvalue weighted by molar-refractivity contribution is 5.85. The van der Waals surface area contributed by atoms with Crippen LogP contribution in [0.15, 0.2) is 37.1 Å². The van der Waals surface area contributed by atoms with Crippen LogP contribution in [0.1, 0.15) is 12.5 Å². The summed E-state index contributed by atoms with van der Waals surface area (Å²) in [4.78, 5) is 10.9. The first-order chi connectivity index (χ1) is 9.22. The molecular formula is C14H20ClN5. The molecule has 1 aliphatic rings. The zero-order chi connectivity index (χ0) is 13.2. The van der Waals surface area contributed by atoms with Gasteiger partial charge in [0.15, 0.2) is 0 Å². The van der Waals surface area contributed by atoms with Crippen molar-refractivity contribution >= 4 is 12.4 Å². The predicted octanol–water partition coefficient (Wildman–Crippen LogP) is 1.47. The van der Waals surface area contributed by atoms with E-state index in [9.17, 15) is 0 Å². The molecular weight excluding hydrogens is 274 g/mol. The lowest BCUT2D eigenvalue weighted by molar-refractivity contribution is 0.318. The zero-order valence-electron chi connectivity index (χ0n) is 11.5. The van der Waals surface area contributed by atoms with Gasteiger partial charge in [0.2, 0.25) is 0 Å². The smallest absolute Gasteiger partial charge is 0.137 e. The van der Waals surface area contributed by atoms with E-state index >= 15 is 0 Å². The minimum atomic E-state index is 0. The van der Waals surface area contributed by atoms with Crippen LogP contribution < -0.4 is 5.73 Å². The predicted molar refractivity (Wildman–Crippen MR) is 81.0 cm³/mol. The average molecular weight is 294 g/mol. The number of pyridine rings is 1. The van der Waals surface area contributed by atoms with Gasteiger partial charge in [-0.1, -0.05) is 13.0 Å². The minimum absolute atomic E-state index is 0. The maximum absolute atomic E-state index is 6.04. The second kappa shape index (κ2) is 6.35. The van der Waals surface area contributed by atoms with E-state index in [0.29, 0.717) is 12.0 Å². The molecule has 0 spiro atoms. The van der Waals surface area contributed by atoms with Crippen molar-refractivity contribution in [3.63, 3.8) is 0 Å². The van der Waals surface area contributed by atoms with Crippen LogP contribution in [0.5, 0.6) is 0 Å². The van der Waals surface area contributed by atoms with Crippen molar-refractivity contribution in [1.82, 2.24) is 19.4 Å². The van der Waals surface area contributed by atoms with Crippen LogP contribution in [0, 0.1) is 5.92 Å². The first-order valence-electron chi connectivity index (χ1n) is 6.63. The second-order valence-electron chi connectivity index (χ2n) is 5.33. The van der Waals surface area contributed by atoms with Crippen LogP contribution >= 0.6 is 12.4 Å². The third-order valence-electron chi connectivity index (χ3n) is 3.73. The Hall–Kier alpha value is -1.43. The fourth-order valence-electron chi connectivity index (χ4n) is 2.54. The number of aromatic nitrogens is 3. The van der Waals surface area contributed by atoms with E-state index in [1.54, 1.807) is 12.5 Å². The van der Waals surface area contributed by atoms with Crippen molar-refractivity contribution in [3.8, 4) is 5.82 Å². The van der Waals surface area contributed by atoms with Gasteiger partial charge in [-0.05, 0) is 17.5 Å². The average Bonchev–Trinajstić information content (AvgIpc) is 3.02. The fraction of sp³-hybridized carbons (Fsp3) is 0.429. The lowest BCUT2D eigenvalue weighted by Gasteiger charge is -2.15. The van der Waals surface area contributed by atoms with E-state index in [0.717, 1.165) is 25.5 Å². The molecule has 0 radical (unpaired) electrons. The second-order valence-corrected chi connectivity index (χ2v) is 5.33. The summed E-state index contributed by atoms with van der Waals surface area (Å²) < 4.78 is 1.90. The Morgan fingerprint density at radius 1 is 1.35 bits per heavy atom. The van der Waals surface area contributed by atoms with Gasteiger partial charge in [0.1, 0.15) is 12.1 Å². The maximum atomic E-state index is 6.04. The summed E-state index contributed by atoms with van der Waals surface area (Å²) in [5, 5.41) is 0. The first kappa shape index (κ1) is 15.0. The van der Waals surface area contributed by atoms with Crippen molar-refractivity contribution in [2.24, 2.45) is 11.7 Å². The van der Waals surface area contributed by atoms with Gasteiger partial charge in [0.05, 0.1) is 0 Å². The molecule has 1 fully saturated rings. The molecule has 0 aliphatic carbocycles. The Kier molecular flexibility index (Phi) is 4.75. The summed E-state index contributed by atoms with van der Waals surface area (Å²) in [6, 6.07) is 4.45. The maximum Gasteiger partial charge on any atom is 0.137 e. The summed E-state index contributed by atoms with van der Waals surface area (Å²) in [6.45, 7) is 5.19. The Morgan fingerprint density at radius 3 is 2.75 bits per heavy atom. The van der Waals surface area contributed by atoms with Crippen LogP contribution in [0.3, 0.4) is 0 Å². The van der Waals surface area contributed by atoms with Crippen LogP contribution in [-0.2, 0) is 6.54 Å². The van der Waals surface area contributed by atoms with Crippen LogP contribution in [0.2, 0.25) is 0 Å². The molecule has 3 heterocycles. The van der Waals surface area contributed by atoms with Gasteiger partial charge in [0, 0.05) is 44.3 Å². The van der Waals surface area contributed by atoms with Gasteiger partial charge in [-0.3, -0.25) is 9.47 Å². The van der Waals surface area contributed by atoms with Crippen molar-refractivity contribution < 1.29 is 0 Å². The topological polar surface area (TPSA) is 60.0 Å². The Labute approximate surface area is 125 Å². The van der Waals surface area contributed by atoms with Gasteiger partial charge in [-0.2, -0.15) is 0 Å². The molecule has 6 heteroatoms. The molecule has 1 saturated heterocycles. The highest BCUT2D eigenvalue weighted by Gasteiger charge is 2.26. The molecule has 0 saturated carbocycles. The molecule has 2 unspecified atom stereocenters. The molecule has 0 bridgehead atoms. The van der Waals surface area contributed by atoms with Crippen molar-refractivity contribution in [2.45, 2.75) is 19.5 Å². The summed E-state index contributed by atoms with van der Waals surface area (Å²) in [6.07, 6.45) is 7.33. The molecule has 2 aromatic rings. The molecule has 0 amide bonds. The van der Waals surface area contributed by atoms with Gasteiger partial charge in [-0.15, -0.1) is 12.4 Å². The van der Waals surface area contributed by atoms with Crippen molar-refractivity contribution in [3.05, 3.63) is 42.6 Å². The molecule has 1 aliphatic heterocycles. The van der Waals surface area contributed by atoms with E-state index in [1.807, 2.05) is 23.0 Å². The van der Waals surface area contributed by atoms with Crippen molar-refractivity contribution in [2.75, 3.05) is 13.1 Å². The molecule has 2 N–H and O–H groups in total. The minimum Gasteiger partial charge on any atom is -0.326 e. The molecule has 0 aromatic carbocycles. The molecule has 20 heavy (non-hydrogen) atoms. The summed E-state index contributed by atoms with van der Waals surface area (Å²) in [5.74, 6) is 1.48. The highest BCUT2D eigenvalue weighted by atomic mass is 35.5. The van der Waals surface area contributed by atoms with Gasteiger partial charge in [-0.25, -0.2) is 9.97 Å². The first-order valence-corrected chi connectivity index (χ1v) is 6.63. The fourth-order valence-corrected chi connectivity index (χ4v) is 2.54. The number of hydrogen-bond donors (Lipinski definition) is 1. The zero-order valence-corrected chi connectivity index (χ0v) is 12.3. The molecule has 2 aromatic heterocycles. The normalized spacial score (nSPS) is 22.7. The van der Waals surface area contributed by atoms with E-state index in [-0.39, 0.29) is 12.4 Å². The highest BCUT2D eigenvalue weighted by Crippen LogP contribution is 2.17. The van der Waals surface area contributed by atoms with Gasteiger partial charge < -0.3 is 5.73 Å². The monoisotopic (exact) mass is 293 g/mol. The molecule has 3 rings (SSSR count). The summed E-state index contributed by atoms with van der Waals surface area (Å²) in [5.41, 5.74) is 7.27. The Morgan fingerprint density at radius 2 is 2.20 bits per heavy atom. The quantitative estimate of drug-likeness (QED) is 0.931. The molecule has 2 atom stereocenters. The third-order valence-corrected chi connectivity index (χ3v) is 3.73. The number of imidazole rings is 1. The molecule has 108 valence electrons. The van der Waals surface area contributed by atoms with E-state index in [4.69, 9.17) is 5.73 Å². The van der Waals surface area contributed by atoms with Crippen LogP contribution in [0.25, 0.3) is 5.82 Å². The number of likely N-dealkylation sites (tertiary alicyclic amines) is 1. The van der Waals surface area contributed by atoms with E-state index in [2.05, 4.69) is 27.9 Å². The summed E-state index contributed by atoms with van der Waals surface area (Å²) >= 11 is 0. The lowest BCUT2D eigenvalue weighted by Crippen LogP contribution is -2.28. The number of halogens is 1. The van der Waals surface area contributed by atoms with Crippen LogP contribution in [-0.4, -0.2) is 38.6 Å². The SMILES string of the molecule is CC1CN(Cc2ccc(-n3ccnc3)nc2)CC1N.Cl. The van der Waals surface area contributed by atoms with E-state index < -0.39 is 0 Å². The number of nitrogens with two attached hydrogens (primary N) is 1. The number of nitrogens with zero attached hydrogens (tertiary/aromatic N) is 4.